The lowest BCUT2D eigenvalue weighted by atomic mass is 10.0. The van der Waals surface area contributed by atoms with Crippen molar-refractivity contribution in [1.82, 2.24) is 5.32 Å². The third-order valence-corrected chi connectivity index (χ3v) is 4.77. The Kier molecular flexibility index (Phi) is 6.86. The highest BCUT2D eigenvalue weighted by atomic mass is 16.2. The quantitative estimate of drug-likeness (QED) is 0.597. The highest BCUT2D eigenvalue weighted by Crippen LogP contribution is 2.24. The van der Waals surface area contributed by atoms with Gasteiger partial charge in [-0.3, -0.25) is 9.59 Å². The minimum absolute atomic E-state index is 0.149. The molecule has 0 aliphatic carbocycles. The van der Waals surface area contributed by atoms with Crippen molar-refractivity contribution in [2.75, 3.05) is 30.9 Å². The van der Waals surface area contributed by atoms with Gasteiger partial charge >= 0.3 is 0 Å². The fourth-order valence-corrected chi connectivity index (χ4v) is 3.17. The van der Waals surface area contributed by atoms with Crippen LogP contribution in [0.1, 0.15) is 34.1 Å². The van der Waals surface area contributed by atoms with E-state index in [1.165, 1.54) is 0 Å². The largest absolute Gasteiger partial charge is 0.377 e. The van der Waals surface area contributed by atoms with Gasteiger partial charge < -0.3 is 15.5 Å². The molecule has 0 radical (unpaired) electrons. The number of rotatable bonds is 7. The van der Waals surface area contributed by atoms with E-state index in [-0.39, 0.29) is 11.8 Å². The van der Waals surface area contributed by atoms with Crippen LogP contribution in [-0.2, 0) is 0 Å². The number of amides is 2. The highest BCUT2D eigenvalue weighted by Gasteiger charge is 2.15. The first kappa shape index (κ1) is 21.1. The van der Waals surface area contributed by atoms with Gasteiger partial charge in [0.15, 0.2) is 0 Å². The van der Waals surface area contributed by atoms with E-state index in [0.29, 0.717) is 23.4 Å². The Morgan fingerprint density at radius 2 is 1.50 bits per heavy atom. The molecule has 0 aromatic heterocycles. The second-order valence-electron chi connectivity index (χ2n) is 7.28. The topological polar surface area (TPSA) is 61.4 Å². The third-order valence-electron chi connectivity index (χ3n) is 4.77. The maximum Gasteiger partial charge on any atom is 0.255 e. The second-order valence-corrected chi connectivity index (χ2v) is 7.28. The summed E-state index contributed by atoms with van der Waals surface area (Å²) < 4.78 is 0. The van der Waals surface area contributed by atoms with Crippen LogP contribution in [0, 0.1) is 0 Å². The Hall–Kier alpha value is -3.60. The van der Waals surface area contributed by atoms with Gasteiger partial charge in [-0.05, 0) is 47.9 Å². The van der Waals surface area contributed by atoms with Crippen molar-refractivity contribution in [2.24, 2.45) is 0 Å². The molecule has 5 heteroatoms. The Balaban J connectivity index is 1.78. The monoisotopic (exact) mass is 401 g/mol. The summed E-state index contributed by atoms with van der Waals surface area (Å²) in [5.41, 5.74) is 4.63. The molecule has 0 fully saturated rings. The Bertz CT molecular complexity index is 1010. The van der Waals surface area contributed by atoms with Crippen LogP contribution < -0.4 is 15.5 Å². The fraction of sp³-hybridized carbons (Fsp3) is 0.200. The zero-order valence-corrected chi connectivity index (χ0v) is 17.6. The lowest BCUT2D eigenvalue weighted by molar-refractivity contribution is 0.0952. The smallest absolute Gasteiger partial charge is 0.255 e. The van der Waals surface area contributed by atoms with Crippen LogP contribution in [0.5, 0.6) is 0 Å². The van der Waals surface area contributed by atoms with Crippen LogP contribution in [0.4, 0.5) is 11.4 Å². The first-order valence-electron chi connectivity index (χ1n) is 10.1. The highest BCUT2D eigenvalue weighted by molar-refractivity contribution is 6.06. The minimum atomic E-state index is -0.216. The molecular weight excluding hydrogens is 374 g/mol. The maximum atomic E-state index is 12.7. The summed E-state index contributed by atoms with van der Waals surface area (Å²) in [7, 11) is 3.77. The van der Waals surface area contributed by atoms with Crippen molar-refractivity contribution in [3.8, 4) is 11.1 Å². The summed E-state index contributed by atoms with van der Waals surface area (Å²) in [6, 6.07) is 22.9. The van der Waals surface area contributed by atoms with E-state index < -0.39 is 0 Å². The number of benzene rings is 3. The summed E-state index contributed by atoms with van der Waals surface area (Å²) >= 11 is 0. The molecule has 5 nitrogen and oxygen atoms in total. The van der Waals surface area contributed by atoms with Gasteiger partial charge in [-0.25, -0.2) is 0 Å². The Morgan fingerprint density at radius 3 is 2.13 bits per heavy atom. The van der Waals surface area contributed by atoms with Crippen LogP contribution in [0.2, 0.25) is 0 Å². The first-order chi connectivity index (χ1) is 14.5. The third kappa shape index (κ3) is 5.06. The molecule has 3 aromatic rings. The molecule has 0 unspecified atom stereocenters. The molecule has 2 N–H and O–H groups in total. The number of nitrogens with one attached hydrogen (secondary N) is 2. The van der Waals surface area contributed by atoms with Crippen molar-refractivity contribution in [3.05, 3.63) is 83.9 Å². The average molecular weight is 402 g/mol. The SMILES string of the molecule is CCCNC(=O)c1cc(NC(=O)c2ccc(-c3ccccc3)cc2)ccc1N(C)C. The van der Waals surface area contributed by atoms with Crippen LogP contribution in [0.3, 0.4) is 0 Å². The zero-order valence-electron chi connectivity index (χ0n) is 17.6. The summed E-state index contributed by atoms with van der Waals surface area (Å²) in [5, 5.41) is 5.80. The summed E-state index contributed by atoms with van der Waals surface area (Å²) in [6.07, 6.45) is 0.860. The normalized spacial score (nSPS) is 10.4. The van der Waals surface area contributed by atoms with Crippen molar-refractivity contribution < 1.29 is 9.59 Å². The van der Waals surface area contributed by atoms with Gasteiger partial charge in [-0.2, -0.15) is 0 Å². The lowest BCUT2D eigenvalue weighted by Gasteiger charge is -2.18. The number of hydrogen-bond donors (Lipinski definition) is 2. The zero-order chi connectivity index (χ0) is 21.5. The number of hydrogen-bond acceptors (Lipinski definition) is 3. The predicted octanol–water partition coefficient (Wildman–Crippen LogP) is 4.81. The molecule has 0 bridgehead atoms. The number of carbonyl (C=O) groups is 2. The van der Waals surface area contributed by atoms with Gasteiger partial charge in [0.2, 0.25) is 0 Å². The fourth-order valence-electron chi connectivity index (χ4n) is 3.17. The summed E-state index contributed by atoms with van der Waals surface area (Å²) in [4.78, 5) is 27.2. The molecule has 0 saturated heterocycles. The van der Waals surface area contributed by atoms with Crippen molar-refractivity contribution in [3.63, 3.8) is 0 Å². The van der Waals surface area contributed by atoms with Crippen molar-refractivity contribution in [2.45, 2.75) is 13.3 Å². The van der Waals surface area contributed by atoms with E-state index in [2.05, 4.69) is 10.6 Å². The predicted molar refractivity (Wildman–Crippen MR) is 123 cm³/mol. The molecule has 3 aromatic carbocycles. The Morgan fingerprint density at radius 1 is 0.833 bits per heavy atom. The molecular formula is C25H27N3O2. The molecule has 0 aliphatic rings. The van der Waals surface area contributed by atoms with Crippen molar-refractivity contribution in [1.29, 1.82) is 0 Å². The molecule has 154 valence electrons. The molecule has 3 rings (SSSR count). The van der Waals surface area contributed by atoms with Gasteiger partial charge in [-0.1, -0.05) is 49.4 Å². The van der Waals surface area contributed by atoms with E-state index in [1.54, 1.807) is 18.2 Å². The van der Waals surface area contributed by atoms with Gasteiger partial charge in [-0.15, -0.1) is 0 Å². The van der Waals surface area contributed by atoms with Gasteiger partial charge in [0.1, 0.15) is 0 Å². The van der Waals surface area contributed by atoms with Gasteiger partial charge in [0.05, 0.1) is 5.56 Å². The number of carbonyl (C=O) groups excluding carboxylic acids is 2. The average Bonchev–Trinajstić information content (AvgIpc) is 2.78. The van der Waals surface area contributed by atoms with E-state index in [4.69, 9.17) is 0 Å². The molecule has 0 spiro atoms. The first-order valence-corrected chi connectivity index (χ1v) is 10.1. The van der Waals surface area contributed by atoms with Gasteiger partial charge in [0.25, 0.3) is 11.8 Å². The van der Waals surface area contributed by atoms with Crippen molar-refractivity contribution >= 4 is 23.2 Å². The molecule has 0 heterocycles. The Labute approximate surface area is 177 Å². The van der Waals surface area contributed by atoms with E-state index >= 15 is 0 Å². The van der Waals surface area contributed by atoms with Crippen LogP contribution >= 0.6 is 0 Å². The van der Waals surface area contributed by atoms with Crippen LogP contribution in [-0.4, -0.2) is 32.5 Å². The number of anilines is 2. The minimum Gasteiger partial charge on any atom is -0.377 e. The van der Waals surface area contributed by atoms with E-state index in [1.807, 2.05) is 80.5 Å². The second kappa shape index (κ2) is 9.74. The molecule has 30 heavy (non-hydrogen) atoms. The molecule has 0 saturated carbocycles. The van der Waals surface area contributed by atoms with E-state index in [0.717, 1.165) is 23.2 Å². The van der Waals surface area contributed by atoms with Crippen LogP contribution in [0.25, 0.3) is 11.1 Å². The molecule has 0 atom stereocenters. The molecule has 2 amide bonds. The van der Waals surface area contributed by atoms with Crippen LogP contribution in [0.15, 0.2) is 72.8 Å². The summed E-state index contributed by atoms with van der Waals surface area (Å²) in [5.74, 6) is -0.365. The van der Waals surface area contributed by atoms with Gasteiger partial charge in [0, 0.05) is 37.6 Å². The standard InChI is InChI=1S/C25H27N3O2/c1-4-16-26-25(30)22-17-21(14-15-23(22)28(2)3)27-24(29)20-12-10-19(11-13-20)18-8-6-5-7-9-18/h5-15,17H,4,16H2,1-3H3,(H,26,30)(H,27,29). The molecule has 0 aliphatic heterocycles. The van der Waals surface area contributed by atoms with E-state index in [9.17, 15) is 9.59 Å². The lowest BCUT2D eigenvalue weighted by Crippen LogP contribution is -2.26. The number of nitrogens with zero attached hydrogens (tertiary/aromatic N) is 1. The summed E-state index contributed by atoms with van der Waals surface area (Å²) in [6.45, 7) is 2.61. The maximum absolute atomic E-state index is 12.7.